The third kappa shape index (κ3) is 4.74. The van der Waals surface area contributed by atoms with Crippen LogP contribution < -0.4 is 0 Å². The van der Waals surface area contributed by atoms with E-state index in [2.05, 4.69) is 6.58 Å². The molecule has 0 spiro atoms. The molecule has 2 aromatic rings. The van der Waals surface area contributed by atoms with Crippen LogP contribution in [0.4, 0.5) is 17.6 Å². The molecular formula is C24H21F4NO3. The van der Waals surface area contributed by atoms with Gasteiger partial charge >= 0.3 is 12.1 Å². The van der Waals surface area contributed by atoms with Crippen LogP contribution in [0.5, 0.6) is 0 Å². The molecule has 1 aliphatic heterocycles. The van der Waals surface area contributed by atoms with Gasteiger partial charge in [0.15, 0.2) is 0 Å². The Morgan fingerprint density at radius 1 is 1.19 bits per heavy atom. The molecule has 3 rings (SSSR count). The molecule has 1 heterocycles. The Kier molecular flexibility index (Phi) is 6.81. The summed E-state index contributed by atoms with van der Waals surface area (Å²) in [6.45, 7) is 4.60. The third-order valence-electron chi connectivity index (χ3n) is 5.30. The fourth-order valence-corrected chi connectivity index (χ4v) is 3.80. The minimum absolute atomic E-state index is 0.0699. The van der Waals surface area contributed by atoms with Crippen molar-refractivity contribution in [2.75, 3.05) is 6.61 Å². The van der Waals surface area contributed by atoms with Gasteiger partial charge in [0.25, 0.3) is 0 Å². The number of amides is 1. The number of halogens is 4. The Morgan fingerprint density at radius 2 is 1.84 bits per heavy atom. The highest BCUT2D eigenvalue weighted by Crippen LogP contribution is 2.43. The molecule has 2 aromatic carbocycles. The van der Waals surface area contributed by atoms with Gasteiger partial charge in [0.1, 0.15) is 12.4 Å². The molecule has 1 unspecified atom stereocenters. The maximum atomic E-state index is 14.2. The number of rotatable bonds is 6. The van der Waals surface area contributed by atoms with E-state index in [0.717, 1.165) is 6.07 Å². The smallest absolute Gasteiger partial charge is 0.416 e. The first kappa shape index (κ1) is 23.2. The first-order valence-electron chi connectivity index (χ1n) is 9.83. The number of hydrogen-bond donors (Lipinski definition) is 0. The van der Waals surface area contributed by atoms with Crippen molar-refractivity contribution in [3.8, 4) is 0 Å². The third-order valence-corrected chi connectivity index (χ3v) is 5.30. The molecule has 0 radical (unpaired) electrons. The summed E-state index contributed by atoms with van der Waals surface area (Å²) in [6.07, 6.45) is -3.73. The maximum absolute atomic E-state index is 14.2. The van der Waals surface area contributed by atoms with Gasteiger partial charge in [0.2, 0.25) is 5.91 Å². The number of benzene rings is 2. The van der Waals surface area contributed by atoms with Crippen LogP contribution >= 0.6 is 0 Å². The van der Waals surface area contributed by atoms with Crippen LogP contribution in [0, 0.1) is 5.82 Å². The number of hydrogen-bond acceptors (Lipinski definition) is 3. The number of ether oxygens (including phenoxy) is 1. The number of carbonyl (C=O) groups is 2. The van der Waals surface area contributed by atoms with Gasteiger partial charge in [-0.2, -0.15) is 13.2 Å². The molecule has 1 aliphatic rings. The number of nitrogens with zero attached hydrogens (tertiary/aromatic N) is 1. The lowest BCUT2D eigenvalue weighted by Gasteiger charge is -2.35. The van der Waals surface area contributed by atoms with E-state index in [9.17, 15) is 27.2 Å². The highest BCUT2D eigenvalue weighted by molar-refractivity contribution is 5.96. The van der Waals surface area contributed by atoms with E-state index < -0.39 is 41.8 Å². The van der Waals surface area contributed by atoms with Crippen LogP contribution in [0.1, 0.15) is 36.0 Å². The van der Waals surface area contributed by atoms with Crippen LogP contribution in [-0.2, 0) is 27.0 Å². The molecular weight excluding hydrogens is 426 g/mol. The monoisotopic (exact) mass is 447 g/mol. The van der Waals surface area contributed by atoms with Crippen LogP contribution in [0.3, 0.4) is 0 Å². The summed E-state index contributed by atoms with van der Waals surface area (Å²) in [4.78, 5) is 27.0. The molecule has 0 saturated carbocycles. The minimum atomic E-state index is -4.67. The number of allylic oxidation sites excluding steroid dienone is 1. The first-order chi connectivity index (χ1) is 15.1. The fraction of sp³-hybridized carbons (Fsp3) is 0.250. The van der Waals surface area contributed by atoms with E-state index in [1.807, 2.05) is 0 Å². The normalized spacial score (nSPS) is 16.8. The standard InChI is InChI=1S/C24H21F4NO3/c1-3-12-32-23(31)22-15(2)29(14-16-8-4-7-11-20(16)25)21(30)13-18(22)17-9-5-6-10-19(17)24(26,27)28/h3-11,18H,1,12-14H2,2H3. The van der Waals surface area contributed by atoms with Gasteiger partial charge < -0.3 is 9.64 Å². The summed E-state index contributed by atoms with van der Waals surface area (Å²) in [7, 11) is 0. The fourth-order valence-electron chi connectivity index (χ4n) is 3.80. The molecule has 0 saturated heterocycles. The van der Waals surface area contributed by atoms with E-state index >= 15 is 0 Å². The van der Waals surface area contributed by atoms with Crippen molar-refractivity contribution in [3.63, 3.8) is 0 Å². The number of esters is 1. The molecule has 32 heavy (non-hydrogen) atoms. The topological polar surface area (TPSA) is 46.6 Å². The van der Waals surface area contributed by atoms with Gasteiger partial charge in [-0.05, 0) is 24.6 Å². The van der Waals surface area contributed by atoms with E-state index in [1.54, 1.807) is 6.07 Å². The summed E-state index contributed by atoms with van der Waals surface area (Å²) in [6, 6.07) is 10.7. The molecule has 168 valence electrons. The average Bonchev–Trinajstić information content (AvgIpc) is 2.75. The predicted molar refractivity (Wildman–Crippen MR) is 110 cm³/mol. The summed E-state index contributed by atoms with van der Waals surface area (Å²) in [5.74, 6) is -3.06. The van der Waals surface area contributed by atoms with Crippen molar-refractivity contribution in [1.82, 2.24) is 4.90 Å². The van der Waals surface area contributed by atoms with Crippen LogP contribution in [0.25, 0.3) is 0 Å². The van der Waals surface area contributed by atoms with E-state index in [-0.39, 0.29) is 35.5 Å². The Labute approximate surface area is 182 Å². The van der Waals surface area contributed by atoms with Gasteiger partial charge in [-0.15, -0.1) is 0 Å². The van der Waals surface area contributed by atoms with E-state index in [1.165, 1.54) is 54.3 Å². The minimum Gasteiger partial charge on any atom is -0.458 e. The zero-order valence-corrected chi connectivity index (χ0v) is 17.3. The lowest BCUT2D eigenvalue weighted by atomic mass is 9.81. The Bertz CT molecular complexity index is 1070. The van der Waals surface area contributed by atoms with Gasteiger partial charge in [-0.3, -0.25) is 4.79 Å². The highest BCUT2D eigenvalue weighted by Gasteiger charge is 2.42. The van der Waals surface area contributed by atoms with Crippen molar-refractivity contribution >= 4 is 11.9 Å². The lowest BCUT2D eigenvalue weighted by Crippen LogP contribution is -2.38. The van der Waals surface area contributed by atoms with E-state index in [4.69, 9.17) is 4.74 Å². The Balaban J connectivity index is 2.12. The lowest BCUT2D eigenvalue weighted by molar-refractivity contribution is -0.142. The SMILES string of the molecule is C=CCOC(=O)C1=C(C)N(Cc2ccccc2F)C(=O)CC1c1ccccc1C(F)(F)F. The largest absolute Gasteiger partial charge is 0.458 e. The highest BCUT2D eigenvalue weighted by atomic mass is 19.4. The second-order valence-corrected chi connectivity index (χ2v) is 7.30. The van der Waals surface area contributed by atoms with Crippen molar-refractivity contribution in [2.45, 2.75) is 32.0 Å². The van der Waals surface area contributed by atoms with Crippen LogP contribution in [0.2, 0.25) is 0 Å². The Morgan fingerprint density at radius 3 is 2.50 bits per heavy atom. The quantitative estimate of drug-likeness (QED) is 0.340. The van der Waals surface area contributed by atoms with Crippen LogP contribution in [0.15, 0.2) is 72.5 Å². The molecule has 0 bridgehead atoms. The van der Waals surface area contributed by atoms with Gasteiger partial charge in [-0.1, -0.05) is 49.1 Å². The van der Waals surface area contributed by atoms with Crippen molar-refractivity contribution in [2.24, 2.45) is 0 Å². The summed E-state index contributed by atoms with van der Waals surface area (Å²) < 4.78 is 60.3. The molecule has 0 aromatic heterocycles. The molecule has 1 amide bonds. The number of carbonyl (C=O) groups excluding carboxylic acids is 2. The zero-order chi connectivity index (χ0) is 23.5. The first-order valence-corrected chi connectivity index (χ1v) is 9.83. The summed E-state index contributed by atoms with van der Waals surface area (Å²) in [5.41, 5.74) is -0.848. The molecule has 1 atom stereocenters. The zero-order valence-electron chi connectivity index (χ0n) is 17.3. The van der Waals surface area contributed by atoms with Crippen LogP contribution in [-0.4, -0.2) is 23.4 Å². The van der Waals surface area contributed by atoms with Gasteiger partial charge in [0.05, 0.1) is 17.7 Å². The second-order valence-electron chi connectivity index (χ2n) is 7.30. The van der Waals surface area contributed by atoms with Crippen molar-refractivity contribution in [1.29, 1.82) is 0 Å². The average molecular weight is 447 g/mol. The summed E-state index contributed by atoms with van der Waals surface area (Å²) >= 11 is 0. The van der Waals surface area contributed by atoms with Gasteiger partial charge in [0, 0.05) is 23.6 Å². The molecule has 0 aliphatic carbocycles. The maximum Gasteiger partial charge on any atom is 0.416 e. The number of alkyl halides is 3. The summed E-state index contributed by atoms with van der Waals surface area (Å²) in [5, 5.41) is 0. The molecule has 0 N–H and O–H groups in total. The van der Waals surface area contributed by atoms with Crippen molar-refractivity contribution < 1.29 is 31.9 Å². The van der Waals surface area contributed by atoms with Crippen molar-refractivity contribution in [3.05, 3.63) is 95.0 Å². The molecule has 8 heteroatoms. The predicted octanol–water partition coefficient (Wildman–Crippen LogP) is 5.36. The second kappa shape index (κ2) is 9.38. The van der Waals surface area contributed by atoms with E-state index in [0.29, 0.717) is 0 Å². The molecule has 4 nitrogen and oxygen atoms in total. The Hall–Kier alpha value is -3.42. The molecule has 0 fully saturated rings. The van der Waals surface area contributed by atoms with Gasteiger partial charge in [-0.25, -0.2) is 9.18 Å².